The van der Waals surface area contributed by atoms with Crippen molar-refractivity contribution in [1.82, 2.24) is 9.36 Å². The average molecular weight is 401 g/mol. The van der Waals surface area contributed by atoms with Gasteiger partial charge in [-0.05, 0) is 16.7 Å². The largest absolute Gasteiger partial charge is 0.369 e. The number of nitrogens with two attached hydrogens (primary N) is 1. The lowest BCUT2D eigenvalue weighted by molar-refractivity contribution is -0.117. The summed E-state index contributed by atoms with van der Waals surface area (Å²) >= 11 is 1.22. The molecule has 5 nitrogen and oxygen atoms in total. The summed E-state index contributed by atoms with van der Waals surface area (Å²) in [6, 6.07) is 30.7. The quantitative estimate of drug-likeness (QED) is 0.460. The third-order valence-electron chi connectivity index (χ3n) is 4.72. The Bertz CT molecular complexity index is 985. The van der Waals surface area contributed by atoms with Crippen molar-refractivity contribution in [2.45, 2.75) is 12.0 Å². The van der Waals surface area contributed by atoms with E-state index >= 15 is 0 Å². The molecule has 0 radical (unpaired) electrons. The fourth-order valence-electron chi connectivity index (χ4n) is 3.47. The number of anilines is 1. The van der Waals surface area contributed by atoms with Gasteiger partial charge in [-0.1, -0.05) is 91.0 Å². The Morgan fingerprint density at radius 2 is 1.28 bits per heavy atom. The normalized spacial score (nSPS) is 11.2. The summed E-state index contributed by atoms with van der Waals surface area (Å²) in [5, 5.41) is 4.25. The van der Waals surface area contributed by atoms with E-state index < -0.39 is 11.4 Å². The van der Waals surface area contributed by atoms with Crippen LogP contribution in [0.5, 0.6) is 0 Å². The van der Waals surface area contributed by atoms with Crippen molar-refractivity contribution in [1.29, 1.82) is 0 Å². The standard InChI is InChI=1S/C23H20N4OS/c24-20(28)16-21-25-22(29-27-21)26-23(17-10-4-1-5-11-17,18-12-6-2-7-13-18)19-14-8-3-9-15-19/h1-15H,16H2,(H2,24,28)(H,25,26,27). The maximum absolute atomic E-state index is 11.3. The molecule has 4 aromatic rings. The number of primary amides is 1. The monoisotopic (exact) mass is 400 g/mol. The Balaban J connectivity index is 1.90. The van der Waals surface area contributed by atoms with Crippen LogP contribution in [0.4, 0.5) is 5.13 Å². The van der Waals surface area contributed by atoms with Gasteiger partial charge in [-0.2, -0.15) is 4.37 Å². The number of rotatable bonds is 7. The van der Waals surface area contributed by atoms with E-state index in [1.54, 1.807) is 0 Å². The van der Waals surface area contributed by atoms with Crippen molar-refractivity contribution < 1.29 is 4.79 Å². The first-order valence-corrected chi connectivity index (χ1v) is 10.0. The highest BCUT2D eigenvalue weighted by Crippen LogP contribution is 2.40. The first-order valence-electron chi connectivity index (χ1n) is 9.24. The number of carbonyl (C=O) groups is 1. The minimum atomic E-state index is -0.673. The Hall–Kier alpha value is -3.51. The fraction of sp³-hybridized carbons (Fsp3) is 0.0870. The maximum atomic E-state index is 11.3. The molecule has 6 heteroatoms. The van der Waals surface area contributed by atoms with E-state index in [9.17, 15) is 4.79 Å². The average Bonchev–Trinajstić information content (AvgIpc) is 3.20. The number of aromatic nitrogens is 2. The predicted octanol–water partition coefficient (Wildman–Crippen LogP) is 3.97. The fourth-order valence-corrected chi connectivity index (χ4v) is 4.12. The number of carbonyl (C=O) groups excluding carboxylic acids is 1. The van der Waals surface area contributed by atoms with Crippen molar-refractivity contribution in [2.24, 2.45) is 5.73 Å². The minimum absolute atomic E-state index is 0.0210. The molecule has 0 saturated heterocycles. The zero-order valence-corrected chi connectivity index (χ0v) is 16.5. The summed E-state index contributed by atoms with van der Waals surface area (Å²) in [5.41, 5.74) is 7.85. The third-order valence-corrected chi connectivity index (χ3v) is 5.38. The van der Waals surface area contributed by atoms with Gasteiger partial charge in [-0.3, -0.25) is 4.79 Å². The smallest absolute Gasteiger partial charge is 0.225 e. The molecule has 29 heavy (non-hydrogen) atoms. The van der Waals surface area contributed by atoms with E-state index in [2.05, 4.69) is 51.1 Å². The van der Waals surface area contributed by atoms with E-state index in [-0.39, 0.29) is 6.42 Å². The molecule has 1 amide bonds. The minimum Gasteiger partial charge on any atom is -0.369 e. The van der Waals surface area contributed by atoms with Gasteiger partial charge in [-0.25, -0.2) is 4.98 Å². The molecule has 3 N–H and O–H groups in total. The molecule has 0 bridgehead atoms. The van der Waals surface area contributed by atoms with Crippen molar-refractivity contribution in [3.63, 3.8) is 0 Å². The number of nitrogens with one attached hydrogen (secondary N) is 1. The van der Waals surface area contributed by atoms with Crippen molar-refractivity contribution >= 4 is 22.6 Å². The Morgan fingerprint density at radius 3 is 1.69 bits per heavy atom. The molecule has 4 rings (SSSR count). The highest BCUT2D eigenvalue weighted by molar-refractivity contribution is 7.09. The lowest BCUT2D eigenvalue weighted by Crippen LogP contribution is -2.38. The second kappa shape index (κ2) is 8.24. The predicted molar refractivity (Wildman–Crippen MR) is 116 cm³/mol. The Morgan fingerprint density at radius 1 is 0.828 bits per heavy atom. The Kier molecular flexibility index (Phi) is 5.35. The van der Waals surface area contributed by atoms with Gasteiger partial charge in [-0.15, -0.1) is 0 Å². The number of hydrogen-bond donors (Lipinski definition) is 2. The number of hydrogen-bond acceptors (Lipinski definition) is 5. The molecular weight excluding hydrogens is 380 g/mol. The third kappa shape index (κ3) is 3.88. The van der Waals surface area contributed by atoms with Crippen molar-refractivity contribution in [2.75, 3.05) is 5.32 Å². The molecule has 0 aliphatic carbocycles. The Labute approximate surface area is 173 Å². The summed E-state index contributed by atoms with van der Waals surface area (Å²) in [5.74, 6) is -0.0251. The van der Waals surface area contributed by atoms with Crippen LogP contribution in [0.25, 0.3) is 0 Å². The lowest BCUT2D eigenvalue weighted by atomic mass is 9.77. The molecule has 0 aliphatic heterocycles. The molecule has 0 fully saturated rings. The molecule has 1 heterocycles. The van der Waals surface area contributed by atoms with E-state index in [0.29, 0.717) is 11.0 Å². The van der Waals surface area contributed by atoms with Crippen LogP contribution >= 0.6 is 11.5 Å². The summed E-state index contributed by atoms with van der Waals surface area (Å²) in [7, 11) is 0. The van der Waals surface area contributed by atoms with Crippen molar-refractivity contribution in [3.05, 3.63) is 114 Å². The highest BCUT2D eigenvalue weighted by atomic mass is 32.1. The summed E-state index contributed by atoms with van der Waals surface area (Å²) in [6.45, 7) is 0. The van der Waals surface area contributed by atoms with Gasteiger partial charge >= 0.3 is 0 Å². The molecule has 0 atom stereocenters. The second-order valence-corrected chi connectivity index (χ2v) is 7.38. The van der Waals surface area contributed by atoms with Crippen LogP contribution in [0, 0.1) is 0 Å². The van der Waals surface area contributed by atoms with Crippen LogP contribution in [0.2, 0.25) is 0 Å². The zero-order chi connectivity index (χ0) is 20.1. The maximum Gasteiger partial charge on any atom is 0.225 e. The van der Waals surface area contributed by atoms with E-state index in [0.717, 1.165) is 16.7 Å². The molecule has 0 unspecified atom stereocenters. The van der Waals surface area contributed by atoms with E-state index in [4.69, 9.17) is 5.73 Å². The molecular formula is C23H20N4OS. The van der Waals surface area contributed by atoms with E-state index in [1.165, 1.54) is 11.5 Å². The first-order chi connectivity index (χ1) is 14.2. The van der Waals surface area contributed by atoms with Crippen molar-refractivity contribution in [3.8, 4) is 0 Å². The molecule has 1 aromatic heterocycles. The van der Waals surface area contributed by atoms with Crippen LogP contribution in [0.1, 0.15) is 22.5 Å². The summed E-state index contributed by atoms with van der Waals surface area (Å²) in [6.07, 6.45) is 0.0210. The molecule has 0 saturated carbocycles. The molecule has 0 spiro atoms. The zero-order valence-electron chi connectivity index (χ0n) is 15.7. The number of nitrogens with zero attached hydrogens (tertiary/aromatic N) is 2. The topological polar surface area (TPSA) is 80.9 Å². The van der Waals surface area contributed by atoms with Crippen LogP contribution in [0.3, 0.4) is 0 Å². The molecule has 0 aliphatic rings. The van der Waals surface area contributed by atoms with Gasteiger partial charge in [0.2, 0.25) is 11.0 Å². The van der Waals surface area contributed by atoms with Crippen LogP contribution in [0.15, 0.2) is 91.0 Å². The number of amides is 1. The SMILES string of the molecule is NC(=O)Cc1nsc(NC(c2ccccc2)(c2ccccc2)c2ccccc2)n1. The molecule has 144 valence electrons. The highest BCUT2D eigenvalue weighted by Gasteiger charge is 2.37. The van der Waals surface area contributed by atoms with Crippen LogP contribution < -0.4 is 11.1 Å². The lowest BCUT2D eigenvalue weighted by Gasteiger charge is -2.36. The number of benzene rings is 3. The van der Waals surface area contributed by atoms with E-state index in [1.807, 2.05) is 54.6 Å². The van der Waals surface area contributed by atoms with Gasteiger partial charge in [0.05, 0.1) is 6.42 Å². The molecule has 3 aromatic carbocycles. The van der Waals surface area contributed by atoms with Gasteiger partial charge < -0.3 is 11.1 Å². The van der Waals surface area contributed by atoms with Crippen LogP contribution in [-0.2, 0) is 16.8 Å². The second-order valence-electron chi connectivity index (χ2n) is 6.63. The summed E-state index contributed by atoms with van der Waals surface area (Å²) in [4.78, 5) is 15.8. The van der Waals surface area contributed by atoms with Gasteiger partial charge in [0, 0.05) is 11.5 Å². The first kappa shape index (κ1) is 18.8. The van der Waals surface area contributed by atoms with Crippen LogP contribution in [-0.4, -0.2) is 15.3 Å². The summed E-state index contributed by atoms with van der Waals surface area (Å²) < 4.78 is 4.29. The van der Waals surface area contributed by atoms with Gasteiger partial charge in [0.25, 0.3) is 0 Å². The van der Waals surface area contributed by atoms with Gasteiger partial charge in [0.15, 0.2) is 5.82 Å². The van der Waals surface area contributed by atoms with Gasteiger partial charge in [0.1, 0.15) is 5.54 Å².